The number of rotatable bonds is 14. The third-order valence-corrected chi connectivity index (χ3v) is 5.93. The lowest BCUT2D eigenvalue weighted by molar-refractivity contribution is -0.134. The van der Waals surface area contributed by atoms with E-state index in [0.717, 1.165) is 34.9 Å². The molecule has 0 aliphatic rings. The van der Waals surface area contributed by atoms with E-state index in [4.69, 9.17) is 0 Å². The fraction of sp³-hybridized carbons (Fsp3) is 0.667. The Morgan fingerprint density at radius 2 is 1.56 bits per heavy atom. The number of anilines is 1. The number of unbranched alkanes of at least 4 members (excludes halogenated alkanes) is 8. The molecule has 0 atom stereocenters. The predicted octanol–water partition coefficient (Wildman–Crippen LogP) is 6.26. The largest absolute Gasteiger partial charge is 0.316 e. The number of amides is 1. The number of hydrogen-bond acceptors (Lipinski definition) is 5. The lowest BCUT2D eigenvalue weighted by atomic mass is 10.1. The minimum Gasteiger partial charge on any atom is -0.316 e. The molecule has 0 fully saturated rings. The van der Waals surface area contributed by atoms with Gasteiger partial charge in [0, 0.05) is 17.0 Å². The molecule has 27 heavy (non-hydrogen) atoms. The molecule has 1 N–H and O–H groups in total. The second-order valence-corrected chi connectivity index (χ2v) is 8.45. The third kappa shape index (κ3) is 9.15. The van der Waals surface area contributed by atoms with Gasteiger partial charge in [-0.15, -0.1) is 23.5 Å². The van der Waals surface area contributed by atoms with Crippen molar-refractivity contribution in [3.05, 3.63) is 11.8 Å². The first-order chi connectivity index (χ1) is 13.0. The topological polar surface area (TPSA) is 59.1 Å². The maximum atomic E-state index is 12.3. The lowest BCUT2D eigenvalue weighted by Gasteiger charge is -2.13. The summed E-state index contributed by atoms with van der Waals surface area (Å²) in [6.07, 6.45) is 14.9. The van der Waals surface area contributed by atoms with Crippen LogP contribution in [0.25, 0.3) is 0 Å². The van der Waals surface area contributed by atoms with Crippen molar-refractivity contribution in [2.75, 3.05) is 17.8 Å². The standard InChI is InChI=1S/C21H34N2O2S2/c1-5-6-7-8-9-10-11-12-13-14-17(24)20(25)23-19-18(26-3)15-16(2)22-21(19)27-4/h15H,5-14H2,1-4H3,(H,23,25). The fourth-order valence-corrected chi connectivity index (χ4v) is 4.24. The first-order valence-electron chi connectivity index (χ1n) is 9.97. The molecule has 0 aromatic carbocycles. The lowest BCUT2D eigenvalue weighted by Crippen LogP contribution is -2.23. The first-order valence-corrected chi connectivity index (χ1v) is 12.4. The molecule has 0 spiro atoms. The van der Waals surface area contributed by atoms with E-state index in [9.17, 15) is 9.59 Å². The highest BCUT2D eigenvalue weighted by Gasteiger charge is 2.18. The summed E-state index contributed by atoms with van der Waals surface area (Å²) >= 11 is 3.02. The maximum Gasteiger partial charge on any atom is 0.291 e. The van der Waals surface area contributed by atoms with Crippen molar-refractivity contribution in [2.45, 2.75) is 88.0 Å². The van der Waals surface area contributed by atoms with Crippen molar-refractivity contribution in [2.24, 2.45) is 0 Å². The molecule has 0 unspecified atom stereocenters. The van der Waals surface area contributed by atoms with Gasteiger partial charge in [0.15, 0.2) is 0 Å². The van der Waals surface area contributed by atoms with Gasteiger partial charge in [-0.1, -0.05) is 58.3 Å². The zero-order chi connectivity index (χ0) is 20.1. The van der Waals surface area contributed by atoms with Crippen LogP contribution in [-0.2, 0) is 9.59 Å². The van der Waals surface area contributed by atoms with E-state index in [2.05, 4.69) is 17.2 Å². The number of aryl methyl sites for hydroxylation is 1. The Labute approximate surface area is 173 Å². The number of carbonyl (C=O) groups is 2. The Morgan fingerprint density at radius 3 is 2.11 bits per heavy atom. The normalized spacial score (nSPS) is 10.8. The molecule has 152 valence electrons. The molecule has 1 rings (SSSR count). The number of aromatic nitrogens is 1. The molecule has 6 heteroatoms. The van der Waals surface area contributed by atoms with Crippen molar-refractivity contribution in [1.82, 2.24) is 4.98 Å². The molecule has 1 aromatic heterocycles. The van der Waals surface area contributed by atoms with Crippen LogP contribution in [0.2, 0.25) is 0 Å². The summed E-state index contributed by atoms with van der Waals surface area (Å²) in [5, 5.41) is 3.55. The van der Waals surface area contributed by atoms with Gasteiger partial charge in [0.1, 0.15) is 5.03 Å². The van der Waals surface area contributed by atoms with Gasteiger partial charge in [-0.05, 0) is 31.9 Å². The van der Waals surface area contributed by atoms with Crippen molar-refractivity contribution in [1.29, 1.82) is 0 Å². The number of thioether (sulfide) groups is 2. The number of nitrogens with zero attached hydrogens (tertiary/aromatic N) is 1. The molecule has 0 saturated carbocycles. The minimum atomic E-state index is -0.522. The van der Waals surface area contributed by atoms with Gasteiger partial charge in [0.25, 0.3) is 5.91 Å². The Hall–Kier alpha value is -1.01. The summed E-state index contributed by atoms with van der Waals surface area (Å²) < 4.78 is 0. The van der Waals surface area contributed by atoms with E-state index in [1.165, 1.54) is 50.3 Å². The molecule has 0 radical (unpaired) electrons. The van der Waals surface area contributed by atoms with Crippen LogP contribution < -0.4 is 5.32 Å². The molecule has 4 nitrogen and oxygen atoms in total. The van der Waals surface area contributed by atoms with E-state index in [1.807, 2.05) is 25.5 Å². The van der Waals surface area contributed by atoms with Gasteiger partial charge >= 0.3 is 0 Å². The third-order valence-electron chi connectivity index (χ3n) is 4.49. The van der Waals surface area contributed by atoms with Crippen LogP contribution in [0.4, 0.5) is 5.69 Å². The molecule has 0 bridgehead atoms. The first kappa shape index (κ1) is 24.0. The summed E-state index contributed by atoms with van der Waals surface area (Å²) in [4.78, 5) is 29.9. The zero-order valence-electron chi connectivity index (χ0n) is 17.2. The van der Waals surface area contributed by atoms with Gasteiger partial charge in [-0.25, -0.2) is 4.98 Å². The van der Waals surface area contributed by atoms with Crippen LogP contribution in [0.3, 0.4) is 0 Å². The van der Waals surface area contributed by atoms with Crippen LogP contribution in [0.1, 0.15) is 76.8 Å². The van der Waals surface area contributed by atoms with Crippen LogP contribution in [0.5, 0.6) is 0 Å². The summed E-state index contributed by atoms with van der Waals surface area (Å²) in [6, 6.07) is 1.94. The van der Waals surface area contributed by atoms with E-state index in [-0.39, 0.29) is 5.78 Å². The second-order valence-electron chi connectivity index (χ2n) is 6.81. The summed E-state index contributed by atoms with van der Waals surface area (Å²) in [7, 11) is 0. The van der Waals surface area contributed by atoms with Crippen molar-refractivity contribution in [3.63, 3.8) is 0 Å². The van der Waals surface area contributed by atoms with Gasteiger partial charge in [0.05, 0.1) is 5.69 Å². The van der Waals surface area contributed by atoms with E-state index in [0.29, 0.717) is 12.1 Å². The van der Waals surface area contributed by atoms with Crippen LogP contribution in [0.15, 0.2) is 16.0 Å². The molecular weight excluding hydrogens is 376 g/mol. The van der Waals surface area contributed by atoms with Gasteiger partial charge < -0.3 is 5.32 Å². The van der Waals surface area contributed by atoms with Crippen LogP contribution in [-0.4, -0.2) is 29.2 Å². The highest BCUT2D eigenvalue weighted by atomic mass is 32.2. The van der Waals surface area contributed by atoms with Gasteiger partial charge in [0.2, 0.25) is 5.78 Å². The number of ketones is 1. The quantitative estimate of drug-likeness (QED) is 0.223. The molecule has 1 aromatic rings. The Kier molecular flexibility index (Phi) is 12.5. The van der Waals surface area contributed by atoms with E-state index < -0.39 is 5.91 Å². The van der Waals surface area contributed by atoms with Crippen molar-refractivity contribution in [3.8, 4) is 0 Å². The SMILES string of the molecule is CCCCCCCCCCCC(=O)C(=O)Nc1c(SC)cc(C)nc1SC. The number of hydrogen-bond donors (Lipinski definition) is 1. The molecule has 0 saturated heterocycles. The zero-order valence-corrected chi connectivity index (χ0v) is 18.9. The summed E-state index contributed by atoms with van der Waals surface area (Å²) in [5.41, 5.74) is 1.56. The second kappa shape index (κ2) is 14.1. The predicted molar refractivity (Wildman–Crippen MR) is 118 cm³/mol. The van der Waals surface area contributed by atoms with Gasteiger partial charge in [-0.2, -0.15) is 0 Å². The van der Waals surface area contributed by atoms with Crippen molar-refractivity contribution < 1.29 is 9.59 Å². The number of pyridine rings is 1. The highest BCUT2D eigenvalue weighted by molar-refractivity contribution is 7.99. The molecule has 1 amide bonds. The number of carbonyl (C=O) groups excluding carboxylic acids is 2. The van der Waals surface area contributed by atoms with Gasteiger partial charge in [-0.3, -0.25) is 9.59 Å². The van der Waals surface area contributed by atoms with Crippen molar-refractivity contribution >= 4 is 40.9 Å². The Morgan fingerprint density at radius 1 is 0.963 bits per heavy atom. The Balaban J connectivity index is 2.38. The van der Waals surface area contributed by atoms with E-state index >= 15 is 0 Å². The monoisotopic (exact) mass is 410 g/mol. The molecule has 1 heterocycles. The van der Waals surface area contributed by atoms with Crippen LogP contribution in [0, 0.1) is 6.92 Å². The van der Waals surface area contributed by atoms with E-state index in [1.54, 1.807) is 11.8 Å². The molecule has 0 aliphatic carbocycles. The smallest absolute Gasteiger partial charge is 0.291 e. The Bertz CT molecular complexity index is 581. The average Bonchev–Trinajstić information content (AvgIpc) is 2.67. The number of Topliss-reactive ketones (excluding diaryl/α,β-unsaturated/α-hetero) is 1. The molecular formula is C21H34N2O2S2. The molecule has 0 aliphatic heterocycles. The minimum absolute atomic E-state index is 0.324. The number of nitrogens with one attached hydrogen (secondary N) is 1. The maximum absolute atomic E-state index is 12.3. The average molecular weight is 411 g/mol. The van der Waals surface area contributed by atoms with Crippen LogP contribution >= 0.6 is 23.5 Å². The fourth-order valence-electron chi connectivity index (χ4n) is 2.93. The summed E-state index contributed by atoms with van der Waals surface area (Å²) in [5.74, 6) is -0.858. The highest BCUT2D eigenvalue weighted by Crippen LogP contribution is 2.33. The summed E-state index contributed by atoms with van der Waals surface area (Å²) in [6.45, 7) is 4.16.